The molecule has 4 heteroatoms. The summed E-state index contributed by atoms with van der Waals surface area (Å²) < 4.78 is 11.6. The topological polar surface area (TPSA) is 58.9 Å². The van der Waals surface area contributed by atoms with Crippen molar-refractivity contribution in [3.05, 3.63) is 0 Å². The zero-order chi connectivity index (χ0) is 19.2. The van der Waals surface area contributed by atoms with E-state index in [4.69, 9.17) is 9.47 Å². The number of aliphatic hydroxyl groups excluding tert-OH is 2. The summed E-state index contributed by atoms with van der Waals surface area (Å²) in [6, 6.07) is 0. The standard InChI is InChI=1S/C22H44O4/c1-4-6-8-10-11-13-15-19(14-12-9-7-5-2)17-25-22-21(24)20(23)16-18(3)26-22/h18-24H,4-17H2,1-3H3. The Morgan fingerprint density at radius 2 is 1.42 bits per heavy atom. The molecule has 1 aliphatic heterocycles. The van der Waals surface area contributed by atoms with E-state index in [0.29, 0.717) is 18.9 Å². The highest BCUT2D eigenvalue weighted by molar-refractivity contribution is 4.79. The lowest BCUT2D eigenvalue weighted by Gasteiger charge is -2.36. The van der Waals surface area contributed by atoms with Gasteiger partial charge in [-0.1, -0.05) is 78.1 Å². The molecule has 1 rings (SSSR count). The van der Waals surface area contributed by atoms with Crippen molar-refractivity contribution in [2.24, 2.45) is 5.92 Å². The van der Waals surface area contributed by atoms with Gasteiger partial charge in [0.15, 0.2) is 6.29 Å². The third-order valence-corrected chi connectivity index (χ3v) is 5.54. The normalized spacial score (nSPS) is 27.6. The van der Waals surface area contributed by atoms with Crippen molar-refractivity contribution in [2.75, 3.05) is 6.61 Å². The fourth-order valence-corrected chi connectivity index (χ4v) is 3.78. The molecule has 0 aromatic carbocycles. The minimum Gasteiger partial charge on any atom is -0.390 e. The largest absolute Gasteiger partial charge is 0.390 e. The molecule has 0 bridgehead atoms. The first-order valence-electron chi connectivity index (χ1n) is 11.2. The molecule has 5 atom stereocenters. The molecule has 0 aromatic rings. The summed E-state index contributed by atoms with van der Waals surface area (Å²) in [4.78, 5) is 0. The maximum Gasteiger partial charge on any atom is 0.186 e. The molecule has 0 radical (unpaired) electrons. The van der Waals surface area contributed by atoms with E-state index < -0.39 is 18.5 Å². The highest BCUT2D eigenvalue weighted by Crippen LogP contribution is 2.24. The average Bonchev–Trinajstić information content (AvgIpc) is 2.62. The van der Waals surface area contributed by atoms with Gasteiger partial charge in [0.2, 0.25) is 0 Å². The lowest BCUT2D eigenvalue weighted by molar-refractivity contribution is -0.266. The average molecular weight is 373 g/mol. The monoisotopic (exact) mass is 372 g/mol. The van der Waals surface area contributed by atoms with E-state index in [1.807, 2.05) is 6.92 Å². The van der Waals surface area contributed by atoms with Crippen LogP contribution in [0.5, 0.6) is 0 Å². The Balaban J connectivity index is 2.34. The summed E-state index contributed by atoms with van der Waals surface area (Å²) >= 11 is 0. The lowest BCUT2D eigenvalue weighted by Crippen LogP contribution is -2.49. The van der Waals surface area contributed by atoms with Gasteiger partial charge in [-0.3, -0.25) is 0 Å². The Hall–Kier alpha value is -0.160. The van der Waals surface area contributed by atoms with Crippen molar-refractivity contribution in [1.29, 1.82) is 0 Å². The van der Waals surface area contributed by atoms with E-state index in [9.17, 15) is 10.2 Å². The highest BCUT2D eigenvalue weighted by Gasteiger charge is 2.35. The van der Waals surface area contributed by atoms with Crippen LogP contribution in [0.3, 0.4) is 0 Å². The van der Waals surface area contributed by atoms with Crippen molar-refractivity contribution in [3.63, 3.8) is 0 Å². The van der Waals surface area contributed by atoms with Crippen LogP contribution in [0.25, 0.3) is 0 Å². The number of rotatable bonds is 15. The van der Waals surface area contributed by atoms with Crippen LogP contribution in [0, 0.1) is 5.92 Å². The van der Waals surface area contributed by atoms with E-state index in [-0.39, 0.29) is 6.10 Å². The van der Waals surface area contributed by atoms with E-state index in [1.54, 1.807) is 0 Å². The lowest BCUT2D eigenvalue weighted by atomic mass is 9.95. The molecule has 2 N–H and O–H groups in total. The zero-order valence-corrected chi connectivity index (χ0v) is 17.5. The second-order valence-electron chi connectivity index (χ2n) is 8.21. The van der Waals surface area contributed by atoms with Crippen LogP contribution < -0.4 is 0 Å². The Labute approximate surface area is 161 Å². The fourth-order valence-electron chi connectivity index (χ4n) is 3.78. The minimum absolute atomic E-state index is 0.0695. The van der Waals surface area contributed by atoms with Gasteiger partial charge in [-0.2, -0.15) is 0 Å². The molecule has 1 fully saturated rings. The molecule has 0 spiro atoms. The van der Waals surface area contributed by atoms with Gasteiger partial charge in [-0.25, -0.2) is 0 Å². The third kappa shape index (κ3) is 10.2. The summed E-state index contributed by atoms with van der Waals surface area (Å²) in [5, 5.41) is 20.0. The van der Waals surface area contributed by atoms with Gasteiger partial charge in [0.05, 0.1) is 18.8 Å². The first kappa shape index (κ1) is 23.9. The smallest absolute Gasteiger partial charge is 0.186 e. The predicted octanol–water partition coefficient (Wildman–Crippen LogP) is 5.20. The van der Waals surface area contributed by atoms with Gasteiger partial charge in [0.1, 0.15) is 6.10 Å². The predicted molar refractivity (Wildman–Crippen MR) is 107 cm³/mol. The van der Waals surface area contributed by atoms with Gasteiger partial charge in [-0.15, -0.1) is 0 Å². The molecular formula is C22H44O4. The van der Waals surface area contributed by atoms with Gasteiger partial charge in [0, 0.05) is 6.42 Å². The van der Waals surface area contributed by atoms with E-state index in [0.717, 1.165) is 0 Å². The second-order valence-corrected chi connectivity index (χ2v) is 8.21. The molecule has 1 saturated heterocycles. The van der Waals surface area contributed by atoms with Crippen LogP contribution in [-0.4, -0.2) is 41.4 Å². The molecule has 1 heterocycles. The summed E-state index contributed by atoms with van der Waals surface area (Å²) in [6.45, 7) is 7.04. The molecule has 156 valence electrons. The number of hydrogen-bond acceptors (Lipinski definition) is 4. The minimum atomic E-state index is -0.930. The van der Waals surface area contributed by atoms with Crippen LogP contribution in [0.1, 0.15) is 104 Å². The second kappa shape index (κ2) is 14.8. The van der Waals surface area contributed by atoms with Crippen LogP contribution in [0.15, 0.2) is 0 Å². The Morgan fingerprint density at radius 1 is 0.885 bits per heavy atom. The molecule has 0 amide bonds. The number of unbranched alkanes of at least 4 members (excludes halogenated alkanes) is 8. The van der Waals surface area contributed by atoms with Crippen LogP contribution in [0.2, 0.25) is 0 Å². The third-order valence-electron chi connectivity index (χ3n) is 5.54. The van der Waals surface area contributed by atoms with Crippen molar-refractivity contribution < 1.29 is 19.7 Å². The molecule has 0 saturated carbocycles. The van der Waals surface area contributed by atoms with Gasteiger partial charge < -0.3 is 19.7 Å². The summed E-state index contributed by atoms with van der Waals surface area (Å²) in [5.74, 6) is 0.531. The molecule has 4 nitrogen and oxygen atoms in total. The SMILES string of the molecule is CCCCCCCCC(CCCCCC)COC1OC(C)CC(O)C1O. The van der Waals surface area contributed by atoms with Gasteiger partial charge in [0.25, 0.3) is 0 Å². The summed E-state index contributed by atoms with van der Waals surface area (Å²) in [6.07, 6.45) is 13.4. The molecule has 1 aliphatic rings. The Bertz CT molecular complexity index is 323. The van der Waals surface area contributed by atoms with E-state index in [2.05, 4.69) is 13.8 Å². The van der Waals surface area contributed by atoms with Gasteiger partial charge in [-0.05, 0) is 25.7 Å². The molecule has 0 aliphatic carbocycles. The van der Waals surface area contributed by atoms with Crippen LogP contribution >= 0.6 is 0 Å². The summed E-state index contributed by atoms with van der Waals surface area (Å²) in [5.41, 5.74) is 0. The van der Waals surface area contributed by atoms with Crippen molar-refractivity contribution in [2.45, 2.75) is 129 Å². The van der Waals surface area contributed by atoms with Crippen LogP contribution in [-0.2, 0) is 9.47 Å². The highest BCUT2D eigenvalue weighted by atomic mass is 16.7. The first-order valence-corrected chi connectivity index (χ1v) is 11.2. The number of aliphatic hydroxyl groups is 2. The maximum absolute atomic E-state index is 10.1. The zero-order valence-electron chi connectivity index (χ0n) is 17.5. The van der Waals surface area contributed by atoms with Crippen molar-refractivity contribution in [3.8, 4) is 0 Å². The number of ether oxygens (including phenoxy) is 2. The fraction of sp³-hybridized carbons (Fsp3) is 1.00. The van der Waals surface area contributed by atoms with E-state index >= 15 is 0 Å². The first-order chi connectivity index (χ1) is 12.6. The molecule has 0 aromatic heterocycles. The summed E-state index contributed by atoms with van der Waals surface area (Å²) in [7, 11) is 0. The molecule has 26 heavy (non-hydrogen) atoms. The Morgan fingerprint density at radius 3 is 2.04 bits per heavy atom. The van der Waals surface area contributed by atoms with Crippen molar-refractivity contribution in [1.82, 2.24) is 0 Å². The maximum atomic E-state index is 10.1. The quantitative estimate of drug-likeness (QED) is 0.388. The van der Waals surface area contributed by atoms with Gasteiger partial charge >= 0.3 is 0 Å². The molecule has 5 unspecified atom stereocenters. The van der Waals surface area contributed by atoms with E-state index in [1.165, 1.54) is 77.0 Å². The van der Waals surface area contributed by atoms with Crippen molar-refractivity contribution >= 4 is 0 Å². The Kier molecular flexibility index (Phi) is 13.6. The number of hydrogen-bond donors (Lipinski definition) is 2. The molecular weight excluding hydrogens is 328 g/mol. The van der Waals surface area contributed by atoms with Crippen LogP contribution in [0.4, 0.5) is 0 Å².